The Bertz CT molecular complexity index is 925. The molecule has 1 atom stereocenters. The van der Waals surface area contributed by atoms with Crippen molar-refractivity contribution in [1.29, 1.82) is 0 Å². The smallest absolute Gasteiger partial charge is 0.243 e. The monoisotopic (exact) mass is 420 g/mol. The molecule has 0 radical (unpaired) electrons. The van der Waals surface area contributed by atoms with Crippen molar-refractivity contribution < 1.29 is 13.2 Å². The van der Waals surface area contributed by atoms with Crippen LogP contribution in [0.25, 0.3) is 0 Å². The molecule has 150 valence electrons. The Morgan fingerprint density at radius 1 is 1.07 bits per heavy atom. The maximum Gasteiger partial charge on any atom is 0.243 e. The zero-order chi connectivity index (χ0) is 20.3. The van der Waals surface area contributed by atoms with Crippen molar-refractivity contribution in [2.45, 2.75) is 50.0 Å². The van der Waals surface area contributed by atoms with Crippen LogP contribution in [0.5, 0.6) is 0 Å². The van der Waals surface area contributed by atoms with E-state index in [4.69, 9.17) is 11.6 Å². The molecule has 28 heavy (non-hydrogen) atoms. The molecule has 3 rings (SSSR count). The number of anilines is 1. The highest BCUT2D eigenvalue weighted by molar-refractivity contribution is 7.89. The van der Waals surface area contributed by atoms with Crippen LogP contribution in [-0.4, -0.2) is 31.2 Å². The molecule has 0 saturated carbocycles. The Hall–Kier alpha value is -1.89. The third-order valence-corrected chi connectivity index (χ3v) is 7.20. The van der Waals surface area contributed by atoms with Crippen LogP contribution < -0.4 is 5.32 Å². The summed E-state index contributed by atoms with van der Waals surface area (Å²) in [6.45, 7) is 4.54. The highest BCUT2D eigenvalue weighted by Gasteiger charge is 2.37. The van der Waals surface area contributed by atoms with E-state index in [0.29, 0.717) is 29.6 Å². The zero-order valence-electron chi connectivity index (χ0n) is 16.1. The van der Waals surface area contributed by atoms with Crippen LogP contribution in [0.4, 0.5) is 5.69 Å². The third kappa shape index (κ3) is 4.57. The lowest BCUT2D eigenvalue weighted by atomic mass is 10.0. The summed E-state index contributed by atoms with van der Waals surface area (Å²) in [7, 11) is -3.77. The van der Waals surface area contributed by atoms with Crippen LogP contribution in [0, 0.1) is 0 Å². The molecule has 2 aromatic rings. The third-order valence-electron chi connectivity index (χ3n) is 5.02. The molecular formula is C21H25ClN2O3S. The second-order valence-electron chi connectivity index (χ2n) is 7.35. The first kappa shape index (κ1) is 20.8. The van der Waals surface area contributed by atoms with Crippen molar-refractivity contribution >= 4 is 33.2 Å². The fourth-order valence-electron chi connectivity index (χ4n) is 3.37. The van der Waals surface area contributed by atoms with Gasteiger partial charge in [-0.3, -0.25) is 4.79 Å². The normalized spacial score (nSPS) is 18.2. The minimum Gasteiger partial charge on any atom is -0.325 e. The molecule has 1 N–H and O–H groups in total. The van der Waals surface area contributed by atoms with Gasteiger partial charge in [0.15, 0.2) is 0 Å². The molecule has 7 heteroatoms. The summed E-state index contributed by atoms with van der Waals surface area (Å²) in [6, 6.07) is 13.0. The van der Waals surface area contributed by atoms with E-state index in [1.54, 1.807) is 12.1 Å². The number of nitrogens with one attached hydrogen (secondary N) is 1. The first-order valence-corrected chi connectivity index (χ1v) is 11.3. The fourth-order valence-corrected chi connectivity index (χ4v) is 5.16. The van der Waals surface area contributed by atoms with Crippen molar-refractivity contribution in [1.82, 2.24) is 4.31 Å². The van der Waals surface area contributed by atoms with E-state index in [1.807, 2.05) is 24.3 Å². The largest absolute Gasteiger partial charge is 0.325 e. The van der Waals surface area contributed by atoms with Gasteiger partial charge in [-0.05, 0) is 60.7 Å². The molecule has 5 nitrogen and oxygen atoms in total. The Kier molecular flexibility index (Phi) is 6.43. The van der Waals surface area contributed by atoms with Gasteiger partial charge in [0.25, 0.3) is 0 Å². The SMILES string of the molecule is CC(C)c1ccc(NC(=O)[C@@H]2CCCCN2S(=O)(=O)c2ccc(Cl)cc2)cc1. The summed E-state index contributed by atoms with van der Waals surface area (Å²) < 4.78 is 27.5. The van der Waals surface area contributed by atoms with E-state index in [2.05, 4.69) is 19.2 Å². The van der Waals surface area contributed by atoms with Crippen LogP contribution >= 0.6 is 11.6 Å². The van der Waals surface area contributed by atoms with Crippen molar-refractivity contribution in [3.63, 3.8) is 0 Å². The van der Waals surface area contributed by atoms with Gasteiger partial charge in [-0.15, -0.1) is 0 Å². The number of hydrogen-bond donors (Lipinski definition) is 1. The van der Waals surface area contributed by atoms with Gasteiger partial charge in [0.1, 0.15) is 6.04 Å². The van der Waals surface area contributed by atoms with Crippen LogP contribution in [0.2, 0.25) is 5.02 Å². The number of halogens is 1. The molecule has 0 unspecified atom stereocenters. The van der Waals surface area contributed by atoms with Crippen LogP contribution in [-0.2, 0) is 14.8 Å². The van der Waals surface area contributed by atoms with Gasteiger partial charge < -0.3 is 5.32 Å². The highest BCUT2D eigenvalue weighted by atomic mass is 35.5. The predicted molar refractivity (Wildman–Crippen MR) is 112 cm³/mol. The minimum absolute atomic E-state index is 0.151. The molecule has 2 aromatic carbocycles. The molecule has 1 heterocycles. The number of sulfonamides is 1. The number of hydrogen-bond acceptors (Lipinski definition) is 3. The van der Waals surface area contributed by atoms with E-state index >= 15 is 0 Å². The zero-order valence-corrected chi connectivity index (χ0v) is 17.6. The maximum absolute atomic E-state index is 13.1. The van der Waals surface area contributed by atoms with Crippen LogP contribution in [0.3, 0.4) is 0 Å². The number of piperidine rings is 1. The first-order chi connectivity index (χ1) is 13.3. The second-order valence-corrected chi connectivity index (χ2v) is 9.67. The Balaban J connectivity index is 1.80. The van der Waals surface area contributed by atoms with Crippen molar-refractivity contribution in [3.8, 4) is 0 Å². The standard InChI is InChI=1S/C21H25ClN2O3S/c1-15(2)16-6-10-18(11-7-16)23-21(25)20-5-3-4-14-24(20)28(26,27)19-12-8-17(22)9-13-19/h6-13,15,20H,3-5,14H2,1-2H3,(H,23,25)/t20-/m0/s1. The van der Waals surface area contributed by atoms with Gasteiger partial charge in [-0.2, -0.15) is 4.31 Å². The molecule has 1 aliphatic heterocycles. The molecule has 0 aromatic heterocycles. The molecule has 0 aliphatic carbocycles. The van der Waals surface area contributed by atoms with Gasteiger partial charge in [-0.1, -0.05) is 44.0 Å². The summed E-state index contributed by atoms with van der Waals surface area (Å²) in [4.78, 5) is 13.0. The van der Waals surface area contributed by atoms with Crippen LogP contribution in [0.15, 0.2) is 53.4 Å². The van der Waals surface area contributed by atoms with Gasteiger partial charge in [-0.25, -0.2) is 8.42 Å². The van der Waals surface area contributed by atoms with E-state index in [0.717, 1.165) is 12.8 Å². The Labute approximate surface area is 171 Å². The van der Waals surface area contributed by atoms with Crippen molar-refractivity contribution in [2.24, 2.45) is 0 Å². The lowest BCUT2D eigenvalue weighted by Gasteiger charge is -2.33. The molecular weight excluding hydrogens is 396 g/mol. The number of amides is 1. The fraction of sp³-hybridized carbons (Fsp3) is 0.381. The van der Waals surface area contributed by atoms with Gasteiger partial charge in [0.05, 0.1) is 4.90 Å². The van der Waals surface area contributed by atoms with Gasteiger partial charge in [0, 0.05) is 17.3 Å². The molecule has 0 bridgehead atoms. The molecule has 1 aliphatic rings. The predicted octanol–water partition coefficient (Wildman–Crippen LogP) is 4.65. The molecule has 1 saturated heterocycles. The summed E-state index contributed by atoms with van der Waals surface area (Å²) >= 11 is 5.87. The lowest BCUT2D eigenvalue weighted by molar-refractivity contribution is -0.120. The van der Waals surface area contributed by atoms with E-state index in [1.165, 1.54) is 22.0 Å². The van der Waals surface area contributed by atoms with E-state index in [9.17, 15) is 13.2 Å². The van der Waals surface area contributed by atoms with Crippen LogP contribution in [0.1, 0.15) is 44.6 Å². The van der Waals surface area contributed by atoms with Gasteiger partial charge in [0.2, 0.25) is 15.9 Å². The summed E-state index contributed by atoms with van der Waals surface area (Å²) in [5.74, 6) is 0.109. The number of carbonyl (C=O) groups is 1. The van der Waals surface area contributed by atoms with Gasteiger partial charge >= 0.3 is 0 Å². The van der Waals surface area contributed by atoms with Crippen molar-refractivity contribution in [2.75, 3.05) is 11.9 Å². The second kappa shape index (κ2) is 8.64. The maximum atomic E-state index is 13.1. The Morgan fingerprint density at radius 3 is 2.32 bits per heavy atom. The summed E-state index contributed by atoms with van der Waals surface area (Å²) in [5, 5.41) is 3.34. The molecule has 1 fully saturated rings. The average Bonchev–Trinajstić information content (AvgIpc) is 2.68. The Morgan fingerprint density at radius 2 is 1.71 bits per heavy atom. The summed E-state index contributed by atoms with van der Waals surface area (Å²) in [5.41, 5.74) is 1.85. The topological polar surface area (TPSA) is 66.5 Å². The summed E-state index contributed by atoms with van der Waals surface area (Å²) in [6.07, 6.45) is 2.05. The van der Waals surface area contributed by atoms with Crippen molar-refractivity contribution in [3.05, 3.63) is 59.1 Å². The molecule has 0 spiro atoms. The number of rotatable bonds is 5. The molecule has 1 amide bonds. The number of nitrogens with zero attached hydrogens (tertiary/aromatic N) is 1. The van der Waals surface area contributed by atoms with E-state index < -0.39 is 16.1 Å². The highest BCUT2D eigenvalue weighted by Crippen LogP contribution is 2.27. The average molecular weight is 421 g/mol. The first-order valence-electron chi connectivity index (χ1n) is 9.47. The number of benzene rings is 2. The minimum atomic E-state index is -3.77. The van der Waals surface area contributed by atoms with E-state index in [-0.39, 0.29) is 10.8 Å². The lowest BCUT2D eigenvalue weighted by Crippen LogP contribution is -2.49. The number of carbonyl (C=O) groups excluding carboxylic acids is 1. The quantitative estimate of drug-likeness (QED) is 0.765.